The van der Waals surface area contributed by atoms with Gasteiger partial charge in [-0.05, 0) is 44.1 Å². The minimum absolute atomic E-state index is 0.126. The van der Waals surface area contributed by atoms with Gasteiger partial charge in [0.15, 0.2) is 0 Å². The van der Waals surface area contributed by atoms with Crippen LogP contribution in [0.25, 0.3) is 0 Å². The first-order valence-electron chi connectivity index (χ1n) is 6.55. The Morgan fingerprint density at radius 1 is 1.32 bits per heavy atom. The van der Waals surface area contributed by atoms with Crippen molar-refractivity contribution in [2.75, 3.05) is 26.2 Å². The molecule has 1 heterocycles. The van der Waals surface area contributed by atoms with E-state index in [1.165, 1.54) is 31.4 Å². The summed E-state index contributed by atoms with van der Waals surface area (Å²) in [7, 11) is 0. The Morgan fingerprint density at radius 3 is 2.74 bits per heavy atom. The minimum atomic E-state index is -1.17. The zero-order valence-electron chi connectivity index (χ0n) is 10.8. The second-order valence-corrected chi connectivity index (χ2v) is 4.70. The van der Waals surface area contributed by atoms with E-state index in [9.17, 15) is 9.18 Å². The van der Waals surface area contributed by atoms with Gasteiger partial charge >= 0.3 is 5.97 Å². The van der Waals surface area contributed by atoms with Crippen LogP contribution >= 0.6 is 0 Å². The van der Waals surface area contributed by atoms with Crippen molar-refractivity contribution < 1.29 is 19.0 Å². The van der Waals surface area contributed by atoms with Crippen LogP contribution in [0.1, 0.15) is 29.6 Å². The lowest BCUT2D eigenvalue weighted by atomic mass is 10.1. The van der Waals surface area contributed by atoms with Crippen LogP contribution < -0.4 is 4.74 Å². The molecule has 0 radical (unpaired) electrons. The molecule has 4 nitrogen and oxygen atoms in total. The third kappa shape index (κ3) is 3.92. The van der Waals surface area contributed by atoms with Gasteiger partial charge in [0.1, 0.15) is 23.7 Å². The molecule has 1 aromatic carbocycles. The van der Waals surface area contributed by atoms with Gasteiger partial charge < -0.3 is 9.84 Å². The first kappa shape index (κ1) is 13.8. The van der Waals surface area contributed by atoms with Crippen LogP contribution in [0.5, 0.6) is 5.75 Å². The average molecular weight is 267 g/mol. The molecular weight excluding hydrogens is 249 g/mol. The van der Waals surface area contributed by atoms with Crippen molar-refractivity contribution in [1.82, 2.24) is 4.90 Å². The highest BCUT2D eigenvalue weighted by Gasteiger charge is 2.14. The van der Waals surface area contributed by atoms with Crippen molar-refractivity contribution in [3.8, 4) is 5.75 Å². The highest BCUT2D eigenvalue weighted by atomic mass is 19.1. The van der Waals surface area contributed by atoms with Crippen molar-refractivity contribution in [3.05, 3.63) is 29.6 Å². The van der Waals surface area contributed by atoms with E-state index in [1.54, 1.807) is 0 Å². The highest BCUT2D eigenvalue weighted by molar-refractivity contribution is 5.90. The monoisotopic (exact) mass is 267 g/mol. The molecule has 1 N–H and O–H groups in total. The smallest absolute Gasteiger partial charge is 0.339 e. The standard InChI is InChI=1S/C14H18FNO3/c15-11-4-5-13(12(10-11)14(17)18)19-9-8-16-6-2-1-3-7-16/h4-5,10H,1-3,6-9H2,(H,17,18). The number of hydrogen-bond donors (Lipinski definition) is 1. The van der Waals surface area contributed by atoms with Crippen LogP contribution in [-0.2, 0) is 0 Å². The molecule has 0 spiro atoms. The summed E-state index contributed by atoms with van der Waals surface area (Å²) in [6.07, 6.45) is 3.69. The lowest BCUT2D eigenvalue weighted by molar-refractivity contribution is 0.0690. The van der Waals surface area contributed by atoms with Crippen molar-refractivity contribution >= 4 is 5.97 Å². The number of nitrogens with zero attached hydrogens (tertiary/aromatic N) is 1. The highest BCUT2D eigenvalue weighted by Crippen LogP contribution is 2.20. The summed E-state index contributed by atoms with van der Waals surface area (Å²) in [6.45, 7) is 3.33. The second kappa shape index (κ2) is 6.52. The molecule has 0 unspecified atom stereocenters. The topological polar surface area (TPSA) is 49.8 Å². The first-order chi connectivity index (χ1) is 9.16. The van der Waals surface area contributed by atoms with E-state index in [4.69, 9.17) is 9.84 Å². The van der Waals surface area contributed by atoms with E-state index >= 15 is 0 Å². The molecule has 1 aliphatic rings. The van der Waals surface area contributed by atoms with Crippen molar-refractivity contribution in [2.45, 2.75) is 19.3 Å². The first-order valence-corrected chi connectivity index (χ1v) is 6.55. The zero-order valence-corrected chi connectivity index (χ0v) is 10.8. The minimum Gasteiger partial charge on any atom is -0.491 e. The Morgan fingerprint density at radius 2 is 2.05 bits per heavy atom. The zero-order chi connectivity index (χ0) is 13.7. The third-order valence-electron chi connectivity index (χ3n) is 3.29. The second-order valence-electron chi connectivity index (χ2n) is 4.70. The molecule has 0 aromatic heterocycles. The molecule has 19 heavy (non-hydrogen) atoms. The largest absolute Gasteiger partial charge is 0.491 e. The number of carboxylic acids is 1. The average Bonchev–Trinajstić information content (AvgIpc) is 2.41. The summed E-state index contributed by atoms with van der Waals surface area (Å²) >= 11 is 0. The maximum absolute atomic E-state index is 13.0. The van der Waals surface area contributed by atoms with Crippen molar-refractivity contribution in [2.24, 2.45) is 0 Å². The maximum atomic E-state index is 13.0. The predicted octanol–water partition coefficient (Wildman–Crippen LogP) is 2.39. The molecule has 0 aliphatic carbocycles. The molecule has 104 valence electrons. The fourth-order valence-corrected chi connectivity index (χ4v) is 2.26. The number of likely N-dealkylation sites (tertiary alicyclic amines) is 1. The van der Waals surface area contributed by atoms with E-state index < -0.39 is 11.8 Å². The number of piperidine rings is 1. The number of carbonyl (C=O) groups is 1. The summed E-state index contributed by atoms with van der Waals surface area (Å²) in [5.41, 5.74) is -0.126. The van der Waals surface area contributed by atoms with Gasteiger partial charge in [-0.15, -0.1) is 0 Å². The maximum Gasteiger partial charge on any atom is 0.339 e. The van der Waals surface area contributed by atoms with Gasteiger partial charge in [-0.25, -0.2) is 9.18 Å². The lowest BCUT2D eigenvalue weighted by Gasteiger charge is -2.26. The van der Waals surface area contributed by atoms with Gasteiger partial charge in [-0.1, -0.05) is 6.42 Å². The number of aromatic carboxylic acids is 1. The number of benzene rings is 1. The number of halogens is 1. The molecular formula is C14H18FNO3. The summed E-state index contributed by atoms with van der Waals surface area (Å²) in [5, 5.41) is 8.98. The summed E-state index contributed by atoms with van der Waals surface area (Å²) in [6, 6.07) is 3.57. The van der Waals surface area contributed by atoms with E-state index in [2.05, 4.69) is 4.90 Å². The van der Waals surface area contributed by atoms with E-state index in [0.717, 1.165) is 25.7 Å². The molecule has 0 amide bonds. The van der Waals surface area contributed by atoms with Crippen LogP contribution in [0.15, 0.2) is 18.2 Å². The van der Waals surface area contributed by atoms with E-state index in [0.29, 0.717) is 6.61 Å². The van der Waals surface area contributed by atoms with Crippen LogP contribution in [0, 0.1) is 5.82 Å². The summed E-state index contributed by atoms with van der Waals surface area (Å²) in [4.78, 5) is 13.3. The van der Waals surface area contributed by atoms with Crippen molar-refractivity contribution in [3.63, 3.8) is 0 Å². The summed E-state index contributed by atoms with van der Waals surface area (Å²) < 4.78 is 18.5. The Balaban J connectivity index is 1.89. The van der Waals surface area contributed by atoms with Gasteiger partial charge in [-0.2, -0.15) is 0 Å². The Kier molecular flexibility index (Phi) is 4.74. The molecule has 5 heteroatoms. The Hall–Kier alpha value is -1.62. The van der Waals surface area contributed by atoms with Crippen molar-refractivity contribution in [1.29, 1.82) is 0 Å². The predicted molar refractivity (Wildman–Crippen MR) is 69.1 cm³/mol. The molecule has 1 saturated heterocycles. The number of ether oxygens (including phenoxy) is 1. The quantitative estimate of drug-likeness (QED) is 0.890. The lowest BCUT2D eigenvalue weighted by Crippen LogP contribution is -2.33. The van der Waals surface area contributed by atoms with E-state index in [1.807, 2.05) is 0 Å². The SMILES string of the molecule is O=C(O)c1cc(F)ccc1OCCN1CCCCC1. The fourth-order valence-electron chi connectivity index (χ4n) is 2.26. The third-order valence-corrected chi connectivity index (χ3v) is 3.29. The number of hydrogen-bond acceptors (Lipinski definition) is 3. The molecule has 0 bridgehead atoms. The molecule has 1 aromatic rings. The van der Waals surface area contributed by atoms with Crippen LogP contribution in [0.4, 0.5) is 4.39 Å². The van der Waals surface area contributed by atoms with E-state index in [-0.39, 0.29) is 11.3 Å². The number of rotatable bonds is 5. The number of carboxylic acid groups (broad SMARTS) is 1. The Labute approximate surface area is 111 Å². The van der Waals surface area contributed by atoms with Gasteiger partial charge in [0.2, 0.25) is 0 Å². The molecule has 2 rings (SSSR count). The molecule has 1 aliphatic heterocycles. The van der Waals surface area contributed by atoms with Crippen LogP contribution in [0.3, 0.4) is 0 Å². The summed E-state index contributed by atoms with van der Waals surface area (Å²) in [5.74, 6) is -1.51. The normalized spacial score (nSPS) is 16.3. The van der Waals surface area contributed by atoms with Gasteiger partial charge in [0.25, 0.3) is 0 Å². The fraction of sp³-hybridized carbons (Fsp3) is 0.500. The molecule has 0 atom stereocenters. The Bertz CT molecular complexity index is 444. The van der Waals surface area contributed by atoms with Crippen LogP contribution in [0.2, 0.25) is 0 Å². The molecule has 0 saturated carbocycles. The van der Waals surface area contributed by atoms with Gasteiger partial charge in [0.05, 0.1) is 0 Å². The van der Waals surface area contributed by atoms with Gasteiger partial charge in [0, 0.05) is 6.54 Å². The molecule has 1 fully saturated rings. The van der Waals surface area contributed by atoms with Crippen LogP contribution in [-0.4, -0.2) is 42.2 Å². The van der Waals surface area contributed by atoms with Gasteiger partial charge in [-0.3, -0.25) is 4.90 Å².